The summed E-state index contributed by atoms with van der Waals surface area (Å²) in [5.41, 5.74) is 3.01. The molecule has 2 heterocycles. The zero-order valence-electron chi connectivity index (χ0n) is 18.4. The molecular formula is C26H20ClN3O4. The van der Waals surface area contributed by atoms with E-state index in [9.17, 15) is 14.7 Å². The SMILES string of the molecule is C[C@@H](Nc1ccccc1C(=O)O)c1cc(Cl)cc2c(=O)cc(-c3ccc4nn(C)cc4c3)oc12. The van der Waals surface area contributed by atoms with Crippen molar-refractivity contribution in [1.82, 2.24) is 9.78 Å². The number of nitrogens with one attached hydrogen (secondary N) is 1. The number of fused-ring (bicyclic) bond motifs is 2. The minimum absolute atomic E-state index is 0.146. The summed E-state index contributed by atoms with van der Waals surface area (Å²) in [7, 11) is 1.85. The Kier molecular flexibility index (Phi) is 5.34. The molecule has 0 bridgehead atoms. The molecule has 0 unspecified atom stereocenters. The van der Waals surface area contributed by atoms with Crippen LogP contribution in [-0.4, -0.2) is 20.9 Å². The Morgan fingerprint density at radius 2 is 1.94 bits per heavy atom. The van der Waals surface area contributed by atoms with E-state index in [4.69, 9.17) is 16.0 Å². The van der Waals surface area contributed by atoms with Crippen LogP contribution in [0.15, 0.2) is 76.1 Å². The fourth-order valence-electron chi connectivity index (χ4n) is 4.12. The van der Waals surface area contributed by atoms with Crippen LogP contribution in [0.2, 0.25) is 5.02 Å². The normalized spacial score (nSPS) is 12.2. The molecule has 0 saturated heterocycles. The van der Waals surface area contributed by atoms with Gasteiger partial charge in [-0.3, -0.25) is 9.48 Å². The summed E-state index contributed by atoms with van der Waals surface area (Å²) < 4.78 is 7.99. The number of hydrogen-bond donors (Lipinski definition) is 2. The number of carboxylic acid groups (broad SMARTS) is 1. The average Bonchev–Trinajstić information content (AvgIpc) is 3.18. The quantitative estimate of drug-likeness (QED) is 0.331. The lowest BCUT2D eigenvalue weighted by atomic mass is 10.0. The highest BCUT2D eigenvalue weighted by Crippen LogP contribution is 2.33. The molecule has 2 aromatic heterocycles. The standard InChI is InChI=1S/C26H20ClN3O4/c1-14(28-22-6-4-3-5-18(22)26(32)33)19-10-17(27)11-20-23(31)12-24(34-25(19)20)15-7-8-21-16(9-15)13-30(2)29-21/h3-14,28H,1-2H3,(H,32,33)/t14-/m1/s1. The summed E-state index contributed by atoms with van der Waals surface area (Å²) in [5, 5.41) is 18.8. The maximum atomic E-state index is 13.0. The number of anilines is 1. The molecule has 3 aromatic carbocycles. The number of hydrogen-bond acceptors (Lipinski definition) is 5. The van der Waals surface area contributed by atoms with Gasteiger partial charge in [0.2, 0.25) is 0 Å². The van der Waals surface area contributed by atoms with Crippen molar-refractivity contribution in [1.29, 1.82) is 0 Å². The first kappa shape index (κ1) is 21.7. The van der Waals surface area contributed by atoms with Crippen LogP contribution in [-0.2, 0) is 7.05 Å². The van der Waals surface area contributed by atoms with Gasteiger partial charge in [0, 0.05) is 46.5 Å². The third kappa shape index (κ3) is 3.91. The minimum Gasteiger partial charge on any atom is -0.478 e. The van der Waals surface area contributed by atoms with Crippen LogP contribution in [0.5, 0.6) is 0 Å². The zero-order chi connectivity index (χ0) is 24.0. The molecule has 0 spiro atoms. The zero-order valence-corrected chi connectivity index (χ0v) is 19.1. The summed E-state index contributed by atoms with van der Waals surface area (Å²) in [5.74, 6) is -0.615. The Balaban J connectivity index is 1.64. The number of aromatic carboxylic acids is 1. The summed E-state index contributed by atoms with van der Waals surface area (Å²) in [4.78, 5) is 24.7. The Morgan fingerprint density at radius 1 is 1.15 bits per heavy atom. The molecule has 0 aliphatic heterocycles. The Bertz CT molecular complexity index is 1640. The smallest absolute Gasteiger partial charge is 0.337 e. The lowest BCUT2D eigenvalue weighted by Gasteiger charge is -2.19. The summed E-state index contributed by atoms with van der Waals surface area (Å²) in [6, 6.07) is 16.7. The molecule has 0 aliphatic carbocycles. The highest BCUT2D eigenvalue weighted by atomic mass is 35.5. The van der Waals surface area contributed by atoms with Gasteiger partial charge in [-0.1, -0.05) is 23.7 Å². The molecule has 5 aromatic rings. The van der Waals surface area contributed by atoms with E-state index in [0.717, 1.165) is 16.5 Å². The van der Waals surface area contributed by atoms with Gasteiger partial charge in [0.15, 0.2) is 5.43 Å². The van der Waals surface area contributed by atoms with Crippen LogP contribution in [0.3, 0.4) is 0 Å². The maximum absolute atomic E-state index is 13.0. The van der Waals surface area contributed by atoms with Crippen LogP contribution in [0.1, 0.15) is 28.9 Å². The average molecular weight is 474 g/mol. The van der Waals surface area contributed by atoms with E-state index in [1.807, 2.05) is 38.4 Å². The van der Waals surface area contributed by atoms with Gasteiger partial charge in [0.05, 0.1) is 22.5 Å². The van der Waals surface area contributed by atoms with Crippen LogP contribution in [0.4, 0.5) is 5.69 Å². The van der Waals surface area contributed by atoms with E-state index < -0.39 is 12.0 Å². The molecular weight excluding hydrogens is 454 g/mol. The number of rotatable bonds is 5. The van der Waals surface area contributed by atoms with Crippen molar-refractivity contribution in [3.05, 3.63) is 93.2 Å². The largest absolute Gasteiger partial charge is 0.478 e. The number of aryl methyl sites for hydroxylation is 1. The number of carbonyl (C=O) groups is 1. The number of aromatic nitrogens is 2. The molecule has 170 valence electrons. The summed E-state index contributed by atoms with van der Waals surface area (Å²) in [6.07, 6.45) is 1.90. The molecule has 0 radical (unpaired) electrons. The lowest BCUT2D eigenvalue weighted by molar-refractivity contribution is 0.0698. The van der Waals surface area contributed by atoms with E-state index in [1.54, 1.807) is 35.0 Å². The predicted molar refractivity (Wildman–Crippen MR) is 133 cm³/mol. The Labute approximate surface area is 199 Å². The van der Waals surface area contributed by atoms with Crippen molar-refractivity contribution in [3.8, 4) is 11.3 Å². The van der Waals surface area contributed by atoms with Crippen molar-refractivity contribution >= 4 is 45.1 Å². The molecule has 34 heavy (non-hydrogen) atoms. The van der Waals surface area contributed by atoms with Gasteiger partial charge in [-0.2, -0.15) is 5.10 Å². The van der Waals surface area contributed by atoms with E-state index >= 15 is 0 Å². The van der Waals surface area contributed by atoms with Gasteiger partial charge in [-0.25, -0.2) is 4.79 Å². The van der Waals surface area contributed by atoms with Crippen molar-refractivity contribution in [2.75, 3.05) is 5.32 Å². The fraction of sp³-hybridized carbons (Fsp3) is 0.115. The third-order valence-corrected chi connectivity index (χ3v) is 5.94. The van der Waals surface area contributed by atoms with E-state index in [1.165, 1.54) is 12.1 Å². The second kappa shape index (κ2) is 8.35. The first-order chi connectivity index (χ1) is 16.3. The van der Waals surface area contributed by atoms with Gasteiger partial charge < -0.3 is 14.8 Å². The van der Waals surface area contributed by atoms with E-state index in [0.29, 0.717) is 33.0 Å². The highest BCUT2D eigenvalue weighted by Gasteiger charge is 2.19. The Hall–Kier alpha value is -4.10. The van der Waals surface area contributed by atoms with E-state index in [2.05, 4.69) is 10.4 Å². The third-order valence-electron chi connectivity index (χ3n) is 5.72. The molecule has 8 heteroatoms. The topological polar surface area (TPSA) is 97.4 Å². The van der Waals surface area contributed by atoms with Crippen LogP contribution >= 0.6 is 11.6 Å². The minimum atomic E-state index is -1.04. The molecule has 1 atom stereocenters. The van der Waals surface area contributed by atoms with Gasteiger partial charge in [-0.15, -0.1) is 0 Å². The van der Waals surface area contributed by atoms with Crippen molar-refractivity contribution < 1.29 is 14.3 Å². The lowest BCUT2D eigenvalue weighted by Crippen LogP contribution is -2.12. The summed E-state index contributed by atoms with van der Waals surface area (Å²) in [6.45, 7) is 1.86. The van der Waals surface area contributed by atoms with Crippen molar-refractivity contribution in [2.24, 2.45) is 7.05 Å². The highest BCUT2D eigenvalue weighted by molar-refractivity contribution is 6.31. The maximum Gasteiger partial charge on any atom is 0.337 e. The second-order valence-corrected chi connectivity index (χ2v) is 8.58. The Morgan fingerprint density at radius 3 is 2.74 bits per heavy atom. The number of halogens is 1. The number of benzene rings is 3. The number of nitrogens with zero attached hydrogens (tertiary/aromatic N) is 2. The first-order valence-electron chi connectivity index (χ1n) is 10.6. The van der Waals surface area contributed by atoms with Crippen molar-refractivity contribution in [3.63, 3.8) is 0 Å². The first-order valence-corrected chi connectivity index (χ1v) is 11.0. The number of para-hydroxylation sites is 1. The molecule has 0 aliphatic rings. The number of carboxylic acids is 1. The fourth-order valence-corrected chi connectivity index (χ4v) is 4.35. The predicted octanol–water partition coefficient (Wildman–Crippen LogP) is 5.87. The molecule has 0 amide bonds. The molecule has 7 nitrogen and oxygen atoms in total. The van der Waals surface area contributed by atoms with E-state index in [-0.39, 0.29) is 11.0 Å². The van der Waals surface area contributed by atoms with Crippen LogP contribution in [0.25, 0.3) is 33.2 Å². The molecule has 5 rings (SSSR count). The van der Waals surface area contributed by atoms with Gasteiger partial charge in [0.1, 0.15) is 11.3 Å². The monoisotopic (exact) mass is 473 g/mol. The van der Waals surface area contributed by atoms with Gasteiger partial charge in [0.25, 0.3) is 0 Å². The van der Waals surface area contributed by atoms with Crippen LogP contribution in [0, 0.1) is 0 Å². The van der Waals surface area contributed by atoms with Gasteiger partial charge >= 0.3 is 5.97 Å². The second-order valence-electron chi connectivity index (χ2n) is 8.14. The molecule has 2 N–H and O–H groups in total. The summed E-state index contributed by atoms with van der Waals surface area (Å²) >= 11 is 6.34. The van der Waals surface area contributed by atoms with Gasteiger partial charge in [-0.05, 0) is 49.4 Å². The van der Waals surface area contributed by atoms with Crippen LogP contribution < -0.4 is 10.7 Å². The molecule has 0 saturated carbocycles. The molecule has 0 fully saturated rings. The van der Waals surface area contributed by atoms with Crippen molar-refractivity contribution in [2.45, 2.75) is 13.0 Å².